The van der Waals surface area contributed by atoms with Gasteiger partial charge in [-0.3, -0.25) is 4.68 Å². The van der Waals surface area contributed by atoms with E-state index >= 15 is 0 Å². The highest BCUT2D eigenvalue weighted by Gasteiger charge is 2.25. The number of halogens is 1. The Labute approximate surface area is 201 Å². The number of nitrogens with zero attached hydrogens (tertiary/aromatic N) is 4. The molecule has 3 rings (SSSR count). The summed E-state index contributed by atoms with van der Waals surface area (Å²) in [5, 5.41) is 7.64. The predicted octanol–water partition coefficient (Wildman–Crippen LogP) is 2.60. The van der Waals surface area contributed by atoms with E-state index in [-0.39, 0.29) is 36.7 Å². The summed E-state index contributed by atoms with van der Waals surface area (Å²) in [7, 11) is 3.52. The molecule has 1 aliphatic rings. The summed E-state index contributed by atoms with van der Waals surface area (Å²) in [5.74, 6) is 4.61. The van der Waals surface area contributed by atoms with Crippen molar-refractivity contribution >= 4 is 29.9 Å². The first kappa shape index (κ1) is 24.8. The van der Waals surface area contributed by atoms with Crippen LogP contribution in [0, 0.1) is 12.3 Å². The van der Waals surface area contributed by atoms with Gasteiger partial charge in [-0.25, -0.2) is 4.99 Å². The lowest BCUT2D eigenvalue weighted by Crippen LogP contribution is -2.48. The summed E-state index contributed by atoms with van der Waals surface area (Å²) in [6.07, 6.45) is 9.13. The maximum Gasteiger partial charge on any atom is 0.194 e. The van der Waals surface area contributed by atoms with E-state index in [2.05, 4.69) is 28.2 Å². The van der Waals surface area contributed by atoms with Crippen molar-refractivity contribution < 1.29 is 14.2 Å². The monoisotopic (exact) mass is 539 g/mol. The number of hydrogen-bond acceptors (Lipinski definition) is 5. The molecule has 0 saturated carbocycles. The summed E-state index contributed by atoms with van der Waals surface area (Å²) >= 11 is 0. The molecule has 1 aliphatic heterocycles. The van der Waals surface area contributed by atoms with Crippen LogP contribution in [0.15, 0.2) is 35.6 Å². The number of aromatic nitrogens is 2. The number of aryl methyl sites for hydroxylation is 1. The summed E-state index contributed by atoms with van der Waals surface area (Å²) in [5.41, 5.74) is 2.08. The van der Waals surface area contributed by atoms with Gasteiger partial charge in [0, 0.05) is 31.9 Å². The normalized spacial score (nSPS) is 16.3. The van der Waals surface area contributed by atoms with Crippen LogP contribution in [0.1, 0.15) is 24.2 Å². The molecule has 168 valence electrons. The SMILES string of the molecule is C#CCOc1cc(CN=C(NCC)N2CCOC(c3cnn(C)c3)C2)ccc1OC.I. The van der Waals surface area contributed by atoms with Crippen molar-refractivity contribution in [2.75, 3.05) is 40.0 Å². The van der Waals surface area contributed by atoms with Crippen LogP contribution in [-0.4, -0.2) is 60.6 Å². The Morgan fingerprint density at radius 3 is 2.94 bits per heavy atom. The first-order valence-electron chi connectivity index (χ1n) is 10.0. The third-order valence-electron chi connectivity index (χ3n) is 4.75. The zero-order chi connectivity index (χ0) is 21.3. The molecule has 0 radical (unpaired) electrons. The zero-order valence-electron chi connectivity index (χ0n) is 18.2. The number of nitrogens with one attached hydrogen (secondary N) is 1. The molecule has 0 amide bonds. The average Bonchev–Trinajstić information content (AvgIpc) is 3.21. The van der Waals surface area contributed by atoms with Gasteiger partial charge in [0.15, 0.2) is 17.5 Å². The van der Waals surface area contributed by atoms with Gasteiger partial charge in [-0.05, 0) is 24.6 Å². The number of guanidine groups is 1. The Kier molecular flexibility index (Phi) is 9.94. The molecule has 1 aromatic carbocycles. The molecule has 0 spiro atoms. The van der Waals surface area contributed by atoms with E-state index in [0.717, 1.165) is 36.7 Å². The molecular weight excluding hydrogens is 509 g/mol. The molecule has 1 fully saturated rings. The van der Waals surface area contributed by atoms with Gasteiger partial charge in [-0.15, -0.1) is 30.4 Å². The number of methoxy groups -OCH3 is 1. The minimum absolute atomic E-state index is 0. The fourth-order valence-electron chi connectivity index (χ4n) is 3.29. The topological polar surface area (TPSA) is 73.1 Å². The summed E-state index contributed by atoms with van der Waals surface area (Å²) in [6.45, 7) is 5.68. The van der Waals surface area contributed by atoms with Crippen molar-refractivity contribution in [3.8, 4) is 23.8 Å². The molecule has 1 aromatic heterocycles. The molecule has 0 aliphatic carbocycles. The summed E-state index contributed by atoms with van der Waals surface area (Å²) in [6, 6.07) is 5.77. The lowest BCUT2D eigenvalue weighted by atomic mass is 10.1. The first-order valence-corrected chi connectivity index (χ1v) is 10.0. The maximum absolute atomic E-state index is 5.95. The van der Waals surface area contributed by atoms with Gasteiger partial charge >= 0.3 is 0 Å². The Morgan fingerprint density at radius 1 is 1.42 bits per heavy atom. The maximum atomic E-state index is 5.95. The number of terminal acetylenes is 1. The number of benzene rings is 1. The minimum atomic E-state index is -0.0268. The molecule has 1 N–H and O–H groups in total. The second-order valence-electron chi connectivity index (χ2n) is 6.90. The molecule has 2 aromatic rings. The Hall–Kier alpha value is -2.45. The van der Waals surface area contributed by atoms with Crippen LogP contribution in [0.25, 0.3) is 0 Å². The van der Waals surface area contributed by atoms with Gasteiger partial charge in [-0.2, -0.15) is 5.10 Å². The van der Waals surface area contributed by atoms with E-state index in [1.807, 2.05) is 37.6 Å². The van der Waals surface area contributed by atoms with E-state index in [4.69, 9.17) is 25.6 Å². The van der Waals surface area contributed by atoms with Gasteiger partial charge in [0.2, 0.25) is 0 Å². The average molecular weight is 539 g/mol. The fourth-order valence-corrected chi connectivity index (χ4v) is 3.29. The third kappa shape index (κ3) is 6.77. The van der Waals surface area contributed by atoms with E-state index in [1.165, 1.54) is 0 Å². The van der Waals surface area contributed by atoms with Gasteiger partial charge in [-0.1, -0.05) is 12.0 Å². The quantitative estimate of drug-likeness (QED) is 0.253. The molecule has 1 saturated heterocycles. The van der Waals surface area contributed by atoms with Crippen molar-refractivity contribution in [2.24, 2.45) is 12.0 Å². The largest absolute Gasteiger partial charge is 0.493 e. The molecule has 1 atom stereocenters. The van der Waals surface area contributed by atoms with Crippen LogP contribution in [0.5, 0.6) is 11.5 Å². The third-order valence-corrected chi connectivity index (χ3v) is 4.75. The highest BCUT2D eigenvalue weighted by molar-refractivity contribution is 14.0. The molecule has 9 heteroatoms. The van der Waals surface area contributed by atoms with Crippen LogP contribution in [-0.2, 0) is 18.3 Å². The van der Waals surface area contributed by atoms with Gasteiger partial charge in [0.1, 0.15) is 12.7 Å². The van der Waals surface area contributed by atoms with Crippen molar-refractivity contribution in [2.45, 2.75) is 19.6 Å². The second kappa shape index (κ2) is 12.4. The highest BCUT2D eigenvalue weighted by Crippen LogP contribution is 2.28. The van der Waals surface area contributed by atoms with Gasteiger partial charge < -0.3 is 24.4 Å². The van der Waals surface area contributed by atoms with E-state index in [0.29, 0.717) is 24.7 Å². The standard InChI is InChI=1S/C22H29N5O3.HI/c1-5-10-29-20-12-17(7-8-19(20)28-4)13-24-22(23-6-2)27-9-11-30-21(16-27)18-14-25-26(3)15-18;/h1,7-8,12,14-15,21H,6,9-11,13,16H2,2-4H3,(H,23,24);1H. The van der Waals surface area contributed by atoms with Gasteiger partial charge in [0.05, 0.1) is 33.0 Å². The smallest absolute Gasteiger partial charge is 0.194 e. The summed E-state index contributed by atoms with van der Waals surface area (Å²) < 4.78 is 18.7. The van der Waals surface area contributed by atoms with Crippen molar-refractivity contribution in [1.29, 1.82) is 0 Å². The van der Waals surface area contributed by atoms with Crippen molar-refractivity contribution in [1.82, 2.24) is 20.0 Å². The number of aliphatic imine (C=N–C) groups is 1. The number of hydrogen-bond donors (Lipinski definition) is 1. The van der Waals surface area contributed by atoms with E-state index in [1.54, 1.807) is 11.8 Å². The van der Waals surface area contributed by atoms with E-state index < -0.39 is 0 Å². The van der Waals surface area contributed by atoms with Crippen LogP contribution in [0.4, 0.5) is 0 Å². The number of rotatable bonds is 7. The Balaban J connectivity index is 0.00000341. The number of morpholine rings is 1. The fraction of sp³-hybridized carbons (Fsp3) is 0.455. The summed E-state index contributed by atoms with van der Waals surface area (Å²) in [4.78, 5) is 7.06. The Bertz CT molecular complexity index is 909. The Morgan fingerprint density at radius 2 is 2.26 bits per heavy atom. The number of ether oxygens (including phenoxy) is 3. The molecule has 8 nitrogen and oxygen atoms in total. The highest BCUT2D eigenvalue weighted by atomic mass is 127. The molecule has 2 heterocycles. The predicted molar refractivity (Wildman–Crippen MR) is 131 cm³/mol. The van der Waals surface area contributed by atoms with Crippen molar-refractivity contribution in [3.63, 3.8) is 0 Å². The lowest BCUT2D eigenvalue weighted by Gasteiger charge is -2.34. The molecular formula is C22H30IN5O3. The minimum Gasteiger partial charge on any atom is -0.493 e. The van der Waals surface area contributed by atoms with Crippen LogP contribution < -0.4 is 14.8 Å². The molecule has 0 bridgehead atoms. The van der Waals surface area contributed by atoms with Crippen LogP contribution >= 0.6 is 24.0 Å². The lowest BCUT2D eigenvalue weighted by molar-refractivity contribution is -0.00805. The first-order chi connectivity index (χ1) is 14.6. The van der Waals surface area contributed by atoms with Crippen LogP contribution in [0.2, 0.25) is 0 Å². The van der Waals surface area contributed by atoms with E-state index in [9.17, 15) is 0 Å². The van der Waals surface area contributed by atoms with Crippen molar-refractivity contribution in [3.05, 3.63) is 41.7 Å². The van der Waals surface area contributed by atoms with Crippen LogP contribution in [0.3, 0.4) is 0 Å². The van der Waals surface area contributed by atoms with Gasteiger partial charge in [0.25, 0.3) is 0 Å². The molecule has 1 unspecified atom stereocenters. The molecule has 31 heavy (non-hydrogen) atoms. The second-order valence-corrected chi connectivity index (χ2v) is 6.90. The zero-order valence-corrected chi connectivity index (χ0v) is 20.5.